The van der Waals surface area contributed by atoms with Crippen LogP contribution < -0.4 is 0 Å². The fourth-order valence-corrected chi connectivity index (χ4v) is 0.856. The normalized spacial score (nSPS) is 9.88. The molecule has 0 unspecified atom stereocenters. The number of ketones is 1. The topological polar surface area (TPSA) is 114 Å². The minimum absolute atomic E-state index is 0.00315. The molecule has 0 saturated heterocycles. The molecule has 0 amide bonds. The lowest BCUT2D eigenvalue weighted by Crippen LogP contribution is -2.05. The van der Waals surface area contributed by atoms with Crippen LogP contribution in [-0.4, -0.2) is 29.7 Å². The Bertz CT molecular complexity index is 394. The van der Waals surface area contributed by atoms with E-state index < -0.39 is 18.3 Å². The fraction of sp³-hybridized carbons (Fsp3) is 0.300. The summed E-state index contributed by atoms with van der Waals surface area (Å²) in [4.78, 5) is 11.0. The number of hydrogen-bond donors (Lipinski definition) is 2. The van der Waals surface area contributed by atoms with E-state index in [1.807, 2.05) is 0 Å². The van der Waals surface area contributed by atoms with E-state index in [1.54, 1.807) is 12.1 Å². The summed E-state index contributed by atoms with van der Waals surface area (Å²) in [7, 11) is 1.19. The van der Waals surface area contributed by atoms with Gasteiger partial charge in [-0.25, -0.2) is 0 Å². The van der Waals surface area contributed by atoms with Crippen LogP contribution in [0.4, 0.5) is 0 Å². The molecule has 0 aromatic rings. The third-order valence-electron chi connectivity index (χ3n) is 1.62. The molecule has 0 radical (unpaired) electrons. The predicted octanol–water partition coefficient (Wildman–Crippen LogP) is 0.327. The summed E-state index contributed by atoms with van der Waals surface area (Å²) in [5, 5.41) is 34.8. The van der Waals surface area contributed by atoms with E-state index in [1.165, 1.54) is 7.11 Å². The lowest BCUT2D eigenvalue weighted by Gasteiger charge is -2.01. The van der Waals surface area contributed by atoms with E-state index in [-0.39, 0.29) is 17.6 Å². The second-order valence-electron chi connectivity index (χ2n) is 2.68. The summed E-state index contributed by atoms with van der Waals surface area (Å²) < 4.78 is 4.42. The van der Waals surface area contributed by atoms with Crippen molar-refractivity contribution >= 4 is 5.78 Å². The van der Waals surface area contributed by atoms with Gasteiger partial charge in [0.2, 0.25) is 0 Å². The average Bonchev–Trinajstić information content (AvgIpc) is 2.29. The molecule has 0 aromatic carbocycles. The number of Topliss-reactive ketones (excluding diaryl/α,β-unsaturated/α-hetero) is 1. The highest BCUT2D eigenvalue weighted by Crippen LogP contribution is 2.12. The number of methoxy groups -OCH3 is 1. The van der Waals surface area contributed by atoms with Gasteiger partial charge in [0.15, 0.2) is 5.78 Å². The Kier molecular flexibility index (Phi) is 6.03. The number of rotatable bonds is 5. The van der Waals surface area contributed by atoms with Gasteiger partial charge in [0.1, 0.15) is 24.3 Å². The SMILES string of the molecule is CO/C(O)=C/C(CC(=O)CO)=C(C#N)C#N. The van der Waals surface area contributed by atoms with Crippen LogP contribution in [-0.2, 0) is 9.53 Å². The quantitative estimate of drug-likeness (QED) is 0.393. The second-order valence-corrected chi connectivity index (χ2v) is 2.68. The number of nitriles is 2. The number of allylic oxidation sites excluding steroid dienone is 3. The zero-order valence-corrected chi connectivity index (χ0v) is 8.60. The van der Waals surface area contributed by atoms with E-state index in [2.05, 4.69) is 4.74 Å². The monoisotopic (exact) mass is 222 g/mol. The van der Waals surface area contributed by atoms with Gasteiger partial charge < -0.3 is 14.9 Å². The smallest absolute Gasteiger partial charge is 0.276 e. The Morgan fingerprint density at radius 3 is 2.38 bits per heavy atom. The molecule has 0 atom stereocenters. The summed E-state index contributed by atoms with van der Waals surface area (Å²) in [6, 6.07) is 3.17. The number of carbonyl (C=O) groups is 1. The lowest BCUT2D eigenvalue weighted by atomic mass is 10.0. The van der Waals surface area contributed by atoms with Crippen LogP contribution in [0.15, 0.2) is 23.2 Å². The van der Waals surface area contributed by atoms with Gasteiger partial charge in [-0.3, -0.25) is 4.79 Å². The van der Waals surface area contributed by atoms with Gasteiger partial charge in [-0.05, 0) is 5.57 Å². The molecule has 0 spiro atoms. The van der Waals surface area contributed by atoms with Crippen molar-refractivity contribution in [3.8, 4) is 12.1 Å². The van der Waals surface area contributed by atoms with Crippen LogP contribution in [0.2, 0.25) is 0 Å². The van der Waals surface area contributed by atoms with Crippen LogP contribution in [0.1, 0.15) is 6.42 Å². The molecule has 6 heteroatoms. The average molecular weight is 222 g/mol. The first kappa shape index (κ1) is 13.7. The van der Waals surface area contributed by atoms with Crippen LogP contribution in [0, 0.1) is 22.7 Å². The summed E-state index contributed by atoms with van der Waals surface area (Å²) >= 11 is 0. The molecule has 0 saturated carbocycles. The molecule has 0 heterocycles. The van der Waals surface area contributed by atoms with Crippen molar-refractivity contribution < 1.29 is 19.7 Å². The second kappa shape index (κ2) is 7.04. The van der Waals surface area contributed by atoms with Crippen molar-refractivity contribution in [3.63, 3.8) is 0 Å². The van der Waals surface area contributed by atoms with Gasteiger partial charge in [0.05, 0.1) is 7.11 Å². The first-order chi connectivity index (χ1) is 7.58. The molecular weight excluding hydrogens is 212 g/mol. The summed E-state index contributed by atoms with van der Waals surface area (Å²) in [6.07, 6.45) is 0.676. The Morgan fingerprint density at radius 2 is 2.00 bits per heavy atom. The Hall–Kier alpha value is -2.31. The highest BCUT2D eigenvalue weighted by atomic mass is 16.6. The maximum absolute atomic E-state index is 11.0. The summed E-state index contributed by atoms with van der Waals surface area (Å²) in [5.74, 6) is -1.10. The van der Waals surface area contributed by atoms with Crippen molar-refractivity contribution in [2.24, 2.45) is 0 Å². The maximum Gasteiger partial charge on any atom is 0.276 e. The Morgan fingerprint density at radius 1 is 1.44 bits per heavy atom. The Balaban J connectivity index is 5.25. The predicted molar refractivity (Wildman–Crippen MR) is 52.7 cm³/mol. The highest BCUT2D eigenvalue weighted by Gasteiger charge is 2.10. The number of aliphatic hydroxyl groups is 2. The zero-order valence-electron chi connectivity index (χ0n) is 8.60. The number of ether oxygens (including phenoxy) is 1. The third-order valence-corrected chi connectivity index (χ3v) is 1.62. The number of carbonyl (C=O) groups excluding carboxylic acids is 1. The molecule has 16 heavy (non-hydrogen) atoms. The summed E-state index contributed by atoms with van der Waals surface area (Å²) in [5.41, 5.74) is -0.311. The van der Waals surface area contributed by atoms with Gasteiger partial charge in [-0.15, -0.1) is 0 Å². The van der Waals surface area contributed by atoms with Crippen LogP contribution in [0.25, 0.3) is 0 Å². The van der Waals surface area contributed by atoms with E-state index in [4.69, 9.17) is 20.7 Å². The van der Waals surface area contributed by atoms with Crippen LogP contribution in [0.5, 0.6) is 0 Å². The van der Waals surface area contributed by atoms with Gasteiger partial charge in [-0.1, -0.05) is 0 Å². The minimum Gasteiger partial charge on any atom is -0.481 e. The van der Waals surface area contributed by atoms with Crippen LogP contribution in [0.3, 0.4) is 0 Å². The third kappa shape index (κ3) is 4.27. The summed E-state index contributed by atoms with van der Waals surface area (Å²) in [6.45, 7) is -0.699. The van der Waals surface area contributed by atoms with Gasteiger partial charge >= 0.3 is 0 Å². The van der Waals surface area contributed by atoms with Crippen molar-refractivity contribution in [1.82, 2.24) is 0 Å². The number of aliphatic hydroxyl groups excluding tert-OH is 2. The van der Waals surface area contributed by atoms with Crippen molar-refractivity contribution in [3.05, 3.63) is 23.2 Å². The van der Waals surface area contributed by atoms with E-state index in [0.717, 1.165) is 6.08 Å². The molecule has 0 aliphatic heterocycles. The van der Waals surface area contributed by atoms with Gasteiger partial charge in [-0.2, -0.15) is 10.5 Å². The number of hydrogen-bond acceptors (Lipinski definition) is 6. The molecule has 0 fully saturated rings. The molecule has 0 rings (SSSR count). The molecule has 0 aliphatic carbocycles. The van der Waals surface area contributed by atoms with Gasteiger partial charge in [0.25, 0.3) is 5.95 Å². The molecule has 2 N–H and O–H groups in total. The van der Waals surface area contributed by atoms with Gasteiger partial charge in [0, 0.05) is 12.5 Å². The molecule has 6 nitrogen and oxygen atoms in total. The first-order valence-corrected chi connectivity index (χ1v) is 4.19. The molecule has 0 aliphatic rings. The lowest BCUT2D eigenvalue weighted by molar-refractivity contribution is -0.121. The van der Waals surface area contributed by atoms with Crippen LogP contribution >= 0.6 is 0 Å². The molecule has 84 valence electrons. The number of nitrogens with zero attached hydrogens (tertiary/aromatic N) is 2. The van der Waals surface area contributed by atoms with Crippen molar-refractivity contribution in [2.75, 3.05) is 13.7 Å². The fourth-order valence-electron chi connectivity index (χ4n) is 0.856. The maximum atomic E-state index is 11.0. The standard InChI is InChI=1S/C10H10N2O4/c1-16-10(15)3-7(2-9(14)6-13)8(4-11)5-12/h3,13,15H,2,6H2,1H3/b10-3+. The van der Waals surface area contributed by atoms with Crippen molar-refractivity contribution in [1.29, 1.82) is 10.5 Å². The largest absolute Gasteiger partial charge is 0.481 e. The Labute approximate surface area is 92.3 Å². The van der Waals surface area contributed by atoms with E-state index in [0.29, 0.717) is 0 Å². The minimum atomic E-state index is -0.699. The molecule has 0 aromatic heterocycles. The zero-order chi connectivity index (χ0) is 12.6. The molecular formula is C10H10N2O4. The molecule has 0 bridgehead atoms. The highest BCUT2D eigenvalue weighted by molar-refractivity contribution is 5.83. The van der Waals surface area contributed by atoms with Crippen molar-refractivity contribution in [2.45, 2.75) is 6.42 Å². The first-order valence-electron chi connectivity index (χ1n) is 4.19. The van der Waals surface area contributed by atoms with E-state index in [9.17, 15) is 4.79 Å². The van der Waals surface area contributed by atoms with E-state index >= 15 is 0 Å².